The average Bonchev–Trinajstić information content (AvgIpc) is 2.83. The Kier molecular flexibility index (Phi) is 4.21. The van der Waals surface area contributed by atoms with Crippen molar-refractivity contribution in [3.63, 3.8) is 0 Å². The molecule has 5 heteroatoms. The minimum Gasteiger partial charge on any atom is -0.496 e. The van der Waals surface area contributed by atoms with E-state index in [9.17, 15) is 4.79 Å². The third kappa shape index (κ3) is 3.00. The molecule has 0 radical (unpaired) electrons. The van der Waals surface area contributed by atoms with Crippen molar-refractivity contribution in [2.24, 2.45) is 0 Å². The topological polar surface area (TPSA) is 57.2 Å². The summed E-state index contributed by atoms with van der Waals surface area (Å²) in [7, 11) is 1.64. The van der Waals surface area contributed by atoms with E-state index in [2.05, 4.69) is 0 Å². The van der Waals surface area contributed by atoms with Gasteiger partial charge in [0.2, 0.25) is 0 Å². The van der Waals surface area contributed by atoms with Gasteiger partial charge in [-0.25, -0.2) is 0 Å². The van der Waals surface area contributed by atoms with Gasteiger partial charge in [0, 0.05) is 16.1 Å². The zero-order valence-electron chi connectivity index (χ0n) is 13.1. The minimum atomic E-state index is 0.0280. The smallest absolute Gasteiger partial charge is 0.308 e. The maximum atomic E-state index is 12.4. The predicted molar refractivity (Wildman–Crippen MR) is 95.3 cm³/mol. The van der Waals surface area contributed by atoms with Crippen molar-refractivity contribution in [3.8, 4) is 17.0 Å². The Morgan fingerprint density at radius 1 is 1.13 bits per heavy atom. The highest BCUT2D eigenvalue weighted by Crippen LogP contribution is 2.33. The van der Waals surface area contributed by atoms with Gasteiger partial charge < -0.3 is 10.5 Å². The van der Waals surface area contributed by atoms with Gasteiger partial charge in [0.1, 0.15) is 5.75 Å². The summed E-state index contributed by atoms with van der Waals surface area (Å²) in [6.45, 7) is 2.48. The van der Waals surface area contributed by atoms with Gasteiger partial charge in [-0.15, -0.1) is 0 Å². The first kappa shape index (κ1) is 15.4. The van der Waals surface area contributed by atoms with Crippen LogP contribution in [0.4, 0.5) is 5.69 Å². The fourth-order valence-electron chi connectivity index (χ4n) is 2.64. The number of benzene rings is 2. The Bertz CT molecular complexity index is 879. The number of hydrogen-bond acceptors (Lipinski definition) is 4. The summed E-state index contributed by atoms with van der Waals surface area (Å²) < 4.78 is 7.25. The van der Waals surface area contributed by atoms with Crippen LogP contribution in [0.2, 0.25) is 0 Å². The molecule has 3 aromatic rings. The number of nitrogens with two attached hydrogens (primary N) is 1. The number of thiazole rings is 1. The van der Waals surface area contributed by atoms with Crippen LogP contribution in [0.5, 0.6) is 5.75 Å². The number of rotatable bonds is 4. The monoisotopic (exact) mass is 326 g/mol. The standard InChI is InChI=1S/C18H18N2O2S/c1-12-17(15-5-3-4-6-16(15)22-2)20(18(21)23-12)11-13-7-9-14(19)10-8-13/h3-10H,11,19H2,1-2H3. The van der Waals surface area contributed by atoms with Crippen LogP contribution in [-0.4, -0.2) is 11.7 Å². The second-order valence-electron chi connectivity index (χ2n) is 5.30. The van der Waals surface area contributed by atoms with Crippen LogP contribution in [0.15, 0.2) is 53.3 Å². The second kappa shape index (κ2) is 6.30. The molecular weight excluding hydrogens is 308 g/mol. The third-order valence-electron chi connectivity index (χ3n) is 3.75. The molecule has 2 aromatic carbocycles. The van der Waals surface area contributed by atoms with Crippen LogP contribution in [-0.2, 0) is 6.54 Å². The molecule has 118 valence electrons. The molecule has 0 aliphatic heterocycles. The van der Waals surface area contributed by atoms with Crippen molar-refractivity contribution in [3.05, 3.63) is 68.6 Å². The van der Waals surface area contributed by atoms with E-state index >= 15 is 0 Å². The second-order valence-corrected chi connectivity index (χ2v) is 6.47. The lowest BCUT2D eigenvalue weighted by molar-refractivity contribution is 0.416. The van der Waals surface area contributed by atoms with Gasteiger partial charge in [-0.05, 0) is 36.8 Å². The number of aryl methyl sites for hydroxylation is 1. The van der Waals surface area contributed by atoms with Gasteiger partial charge in [0.15, 0.2) is 0 Å². The number of nitrogen functional groups attached to an aromatic ring is 1. The molecule has 0 saturated carbocycles. The molecule has 0 amide bonds. The fourth-order valence-corrected chi connectivity index (χ4v) is 3.49. The third-order valence-corrected chi connectivity index (χ3v) is 4.64. The molecule has 0 atom stereocenters. The van der Waals surface area contributed by atoms with Crippen molar-refractivity contribution in [1.29, 1.82) is 0 Å². The molecule has 0 fully saturated rings. The summed E-state index contributed by atoms with van der Waals surface area (Å²) >= 11 is 1.26. The number of nitrogens with zero attached hydrogens (tertiary/aromatic N) is 1. The lowest BCUT2D eigenvalue weighted by Crippen LogP contribution is -2.15. The molecule has 0 aliphatic rings. The highest BCUT2D eigenvalue weighted by atomic mass is 32.1. The zero-order chi connectivity index (χ0) is 16.4. The van der Waals surface area contributed by atoms with Crippen molar-refractivity contribution in [1.82, 2.24) is 4.57 Å². The number of hydrogen-bond donors (Lipinski definition) is 1. The van der Waals surface area contributed by atoms with E-state index in [0.29, 0.717) is 12.2 Å². The number of para-hydroxylation sites is 1. The van der Waals surface area contributed by atoms with Gasteiger partial charge in [-0.1, -0.05) is 35.6 Å². The summed E-state index contributed by atoms with van der Waals surface area (Å²) in [6.07, 6.45) is 0. The molecule has 0 spiro atoms. The van der Waals surface area contributed by atoms with Crippen molar-refractivity contribution < 1.29 is 4.74 Å². The summed E-state index contributed by atoms with van der Waals surface area (Å²) in [4.78, 5) is 13.4. The summed E-state index contributed by atoms with van der Waals surface area (Å²) in [5.74, 6) is 0.763. The first-order valence-corrected chi connectivity index (χ1v) is 8.10. The number of anilines is 1. The van der Waals surface area contributed by atoms with Crippen molar-refractivity contribution >= 4 is 17.0 Å². The van der Waals surface area contributed by atoms with Crippen LogP contribution < -0.4 is 15.3 Å². The quantitative estimate of drug-likeness (QED) is 0.746. The molecular formula is C18H18N2O2S. The Balaban J connectivity index is 2.11. The normalized spacial score (nSPS) is 10.7. The Morgan fingerprint density at radius 3 is 2.52 bits per heavy atom. The van der Waals surface area contributed by atoms with E-state index in [1.165, 1.54) is 11.3 Å². The van der Waals surface area contributed by atoms with E-state index in [0.717, 1.165) is 27.4 Å². The van der Waals surface area contributed by atoms with Crippen LogP contribution in [0.1, 0.15) is 10.4 Å². The first-order chi connectivity index (χ1) is 11.1. The van der Waals surface area contributed by atoms with Crippen LogP contribution in [0.25, 0.3) is 11.3 Å². The lowest BCUT2D eigenvalue weighted by Gasteiger charge is -2.12. The summed E-state index contributed by atoms with van der Waals surface area (Å²) in [5.41, 5.74) is 9.33. The Labute approximate surface area is 138 Å². The zero-order valence-corrected chi connectivity index (χ0v) is 13.9. The molecule has 0 bridgehead atoms. The van der Waals surface area contributed by atoms with Gasteiger partial charge >= 0.3 is 4.87 Å². The number of aromatic nitrogens is 1. The van der Waals surface area contributed by atoms with E-state index in [4.69, 9.17) is 10.5 Å². The predicted octanol–water partition coefficient (Wildman–Crippen LogP) is 3.52. The maximum Gasteiger partial charge on any atom is 0.308 e. The molecule has 1 heterocycles. The molecule has 3 rings (SSSR count). The van der Waals surface area contributed by atoms with Gasteiger partial charge in [0.25, 0.3) is 0 Å². The van der Waals surface area contributed by atoms with Gasteiger partial charge in [-0.2, -0.15) is 0 Å². The van der Waals surface area contributed by atoms with E-state index in [1.54, 1.807) is 11.7 Å². The molecule has 2 N–H and O–H groups in total. The fraction of sp³-hybridized carbons (Fsp3) is 0.167. The van der Waals surface area contributed by atoms with E-state index in [1.807, 2.05) is 55.5 Å². The molecule has 4 nitrogen and oxygen atoms in total. The Hall–Kier alpha value is -2.53. The van der Waals surface area contributed by atoms with Crippen molar-refractivity contribution in [2.45, 2.75) is 13.5 Å². The summed E-state index contributed by atoms with van der Waals surface area (Å²) in [6, 6.07) is 15.4. The molecule has 0 aliphatic carbocycles. The maximum absolute atomic E-state index is 12.4. The summed E-state index contributed by atoms with van der Waals surface area (Å²) in [5, 5.41) is 0. The molecule has 23 heavy (non-hydrogen) atoms. The average molecular weight is 326 g/mol. The molecule has 0 unspecified atom stereocenters. The van der Waals surface area contributed by atoms with Crippen LogP contribution >= 0.6 is 11.3 Å². The minimum absolute atomic E-state index is 0.0280. The van der Waals surface area contributed by atoms with E-state index < -0.39 is 0 Å². The van der Waals surface area contributed by atoms with Crippen LogP contribution in [0.3, 0.4) is 0 Å². The SMILES string of the molecule is COc1ccccc1-c1c(C)sc(=O)n1Cc1ccc(N)cc1. The number of ether oxygens (including phenoxy) is 1. The van der Waals surface area contributed by atoms with Crippen molar-refractivity contribution in [2.75, 3.05) is 12.8 Å². The van der Waals surface area contributed by atoms with Gasteiger partial charge in [0.05, 0.1) is 19.3 Å². The highest BCUT2D eigenvalue weighted by molar-refractivity contribution is 7.09. The number of methoxy groups -OCH3 is 1. The lowest BCUT2D eigenvalue weighted by atomic mass is 10.1. The Morgan fingerprint density at radius 2 is 1.83 bits per heavy atom. The largest absolute Gasteiger partial charge is 0.496 e. The highest BCUT2D eigenvalue weighted by Gasteiger charge is 2.17. The molecule has 0 saturated heterocycles. The van der Waals surface area contributed by atoms with E-state index in [-0.39, 0.29) is 4.87 Å². The van der Waals surface area contributed by atoms with Gasteiger partial charge in [-0.3, -0.25) is 9.36 Å². The molecule has 1 aromatic heterocycles. The van der Waals surface area contributed by atoms with Crippen LogP contribution in [0, 0.1) is 6.92 Å². The first-order valence-electron chi connectivity index (χ1n) is 7.28.